The lowest BCUT2D eigenvalue weighted by atomic mass is 10.2. The second-order valence-corrected chi connectivity index (χ2v) is 10.3. The van der Waals surface area contributed by atoms with Gasteiger partial charge in [-0.2, -0.15) is 0 Å². The highest BCUT2D eigenvalue weighted by atomic mass is 19.1. The van der Waals surface area contributed by atoms with Crippen molar-refractivity contribution in [2.75, 3.05) is 93.3 Å². The number of benzene rings is 1. The first kappa shape index (κ1) is 46.2. The van der Waals surface area contributed by atoms with Crippen LogP contribution in [0, 0.1) is 0 Å². The number of alkyl halides is 1. The van der Waals surface area contributed by atoms with Crippen LogP contribution in [-0.2, 0) is 4.74 Å². The summed E-state index contributed by atoms with van der Waals surface area (Å²) >= 11 is 0. The summed E-state index contributed by atoms with van der Waals surface area (Å²) in [5, 5.41) is 34.4. The van der Waals surface area contributed by atoms with Crippen molar-refractivity contribution in [3.8, 4) is 5.75 Å². The lowest BCUT2D eigenvalue weighted by Crippen LogP contribution is -2.56. The molecule has 0 aliphatic rings. The van der Waals surface area contributed by atoms with E-state index in [1.807, 2.05) is 0 Å². The van der Waals surface area contributed by atoms with Gasteiger partial charge in [-0.05, 0) is 74.4 Å². The summed E-state index contributed by atoms with van der Waals surface area (Å²) in [6.45, 7) is 30.5. The van der Waals surface area contributed by atoms with Crippen molar-refractivity contribution < 1.29 is 47.5 Å². The summed E-state index contributed by atoms with van der Waals surface area (Å²) in [6, 6.07) is 5.95. The van der Waals surface area contributed by atoms with Crippen LogP contribution in [0.15, 0.2) is 24.3 Å². The number of quaternary nitrogens is 3. The average molecular weight is 592 g/mol. The fourth-order valence-electron chi connectivity index (χ4n) is 2.87. The van der Waals surface area contributed by atoms with Gasteiger partial charge >= 0.3 is 5.97 Å². The molecular formula is C30H63BFN3O6. The van der Waals surface area contributed by atoms with Gasteiger partial charge in [-0.1, -0.05) is 12.1 Å². The van der Waals surface area contributed by atoms with Gasteiger partial charge in [-0.25, -0.2) is 9.18 Å². The second-order valence-electron chi connectivity index (χ2n) is 10.3. The molecule has 1 rings (SSSR count). The molecule has 41 heavy (non-hydrogen) atoms. The maximum atomic E-state index is 11.6. The van der Waals surface area contributed by atoms with E-state index in [0.29, 0.717) is 0 Å². The minimum Gasteiger partial charge on any atom is -0.907 e. The van der Waals surface area contributed by atoms with Gasteiger partial charge in [0.1, 0.15) is 24.6 Å². The molecule has 9 nitrogen and oxygen atoms in total. The minimum atomic E-state index is -2.92. The molecule has 0 amide bonds. The van der Waals surface area contributed by atoms with Crippen molar-refractivity contribution in [1.29, 1.82) is 0 Å². The van der Waals surface area contributed by atoms with Crippen molar-refractivity contribution >= 4 is 13.3 Å². The molecule has 244 valence electrons. The Morgan fingerprint density at radius 3 is 1.17 bits per heavy atom. The van der Waals surface area contributed by atoms with Crippen molar-refractivity contribution in [2.45, 2.75) is 62.3 Å². The van der Waals surface area contributed by atoms with E-state index in [2.05, 4.69) is 88.2 Å². The fraction of sp³-hybridized carbons (Fsp3) is 0.767. The van der Waals surface area contributed by atoms with E-state index in [0.717, 1.165) is 0 Å². The molecule has 0 heterocycles. The third-order valence-corrected chi connectivity index (χ3v) is 8.31. The Morgan fingerprint density at radius 2 is 0.976 bits per heavy atom. The van der Waals surface area contributed by atoms with Gasteiger partial charge in [0.25, 0.3) is 0 Å². The van der Waals surface area contributed by atoms with Crippen LogP contribution < -0.4 is 15.1 Å². The first-order valence-electron chi connectivity index (χ1n) is 15.0. The van der Waals surface area contributed by atoms with Crippen LogP contribution in [0.4, 0.5) is 4.39 Å². The van der Waals surface area contributed by atoms with Crippen LogP contribution in [0.1, 0.15) is 72.7 Å². The molecule has 0 bridgehead atoms. The normalized spacial score (nSPS) is 10.7. The number of hydrogen-bond donors (Lipinski definition) is 1. The lowest BCUT2D eigenvalue weighted by Gasteiger charge is -2.35. The highest BCUT2D eigenvalue weighted by Crippen LogP contribution is 2.16. The van der Waals surface area contributed by atoms with E-state index in [9.17, 15) is 14.3 Å². The van der Waals surface area contributed by atoms with Gasteiger partial charge in [-0.15, -0.1) is 0 Å². The molecule has 0 atom stereocenters. The number of carbonyl (C=O) groups excluding carboxylic acids is 1. The average Bonchev–Trinajstić information content (AvgIpc) is 2.99. The zero-order valence-corrected chi connectivity index (χ0v) is 28.4. The summed E-state index contributed by atoms with van der Waals surface area (Å²) in [6.07, 6.45) is 0. The molecule has 0 spiro atoms. The van der Waals surface area contributed by atoms with Gasteiger partial charge < -0.3 is 38.4 Å². The molecule has 0 saturated heterocycles. The van der Waals surface area contributed by atoms with Crippen LogP contribution in [-0.4, -0.2) is 125 Å². The fourth-order valence-corrected chi connectivity index (χ4v) is 2.87. The van der Waals surface area contributed by atoms with Gasteiger partial charge in [0.15, 0.2) is 0 Å². The van der Waals surface area contributed by atoms with E-state index in [1.165, 1.54) is 84.5 Å². The number of carbonyl (C=O) groups is 1. The van der Waals surface area contributed by atoms with Crippen LogP contribution in [0.5, 0.6) is 5.75 Å². The van der Waals surface area contributed by atoms with Gasteiger partial charge in [0, 0.05) is 0 Å². The number of ether oxygens (including phenoxy) is 1. The molecule has 0 aliphatic heterocycles. The van der Waals surface area contributed by atoms with Crippen molar-refractivity contribution in [1.82, 2.24) is 0 Å². The van der Waals surface area contributed by atoms with Crippen molar-refractivity contribution in [3.63, 3.8) is 0 Å². The predicted molar refractivity (Wildman–Crippen MR) is 164 cm³/mol. The molecule has 0 aromatic heterocycles. The molecule has 1 N–H and O–H groups in total. The Balaban J connectivity index is -0.000000219. The van der Waals surface area contributed by atoms with E-state index < -0.39 is 20.0 Å². The third-order valence-electron chi connectivity index (χ3n) is 8.31. The number of rotatable bonds is 12. The quantitative estimate of drug-likeness (QED) is 0.226. The number of esters is 1. The number of phenolic OH excluding ortho intramolecular Hbond substituents is 1. The topological polar surface area (TPSA) is 116 Å². The smallest absolute Gasteiger partial charge is 0.342 e. The highest BCUT2D eigenvalue weighted by molar-refractivity contribution is 6.24. The minimum absolute atomic E-state index is 0.0518. The third kappa shape index (κ3) is 25.7. The molecule has 11 heteroatoms. The Hall–Kier alpha value is -1.76. The Labute approximate surface area is 252 Å². The number of hydrogen-bond acceptors (Lipinski definition) is 6. The molecule has 1 aromatic rings. The Kier molecular flexibility index (Phi) is 30.5. The van der Waals surface area contributed by atoms with Gasteiger partial charge in [0.05, 0.1) is 80.0 Å². The van der Waals surface area contributed by atoms with E-state index in [4.69, 9.17) is 15.1 Å². The lowest BCUT2D eigenvalue weighted by molar-refractivity contribution is -0.904. The van der Waals surface area contributed by atoms with E-state index in [1.54, 1.807) is 12.1 Å². The van der Waals surface area contributed by atoms with Crippen molar-refractivity contribution in [3.05, 3.63) is 29.8 Å². The highest BCUT2D eigenvalue weighted by Gasteiger charge is 2.13. The zero-order chi connectivity index (χ0) is 33.1. The maximum Gasteiger partial charge on any atom is 0.342 e. The summed E-state index contributed by atoms with van der Waals surface area (Å²) in [4.78, 5) is 11.1. The van der Waals surface area contributed by atoms with Gasteiger partial charge in [0.2, 0.25) is 0 Å². The second kappa shape index (κ2) is 27.1. The first-order chi connectivity index (χ1) is 19.0. The predicted octanol–water partition coefficient (Wildman–Crippen LogP) is 2.05. The molecular weight excluding hydrogens is 528 g/mol. The number of para-hydroxylation sites is 1. The maximum absolute atomic E-state index is 11.6. The summed E-state index contributed by atoms with van der Waals surface area (Å²) in [5.41, 5.74) is 0.0518. The zero-order valence-electron chi connectivity index (χ0n) is 28.4. The van der Waals surface area contributed by atoms with Crippen LogP contribution in [0.3, 0.4) is 0 Å². The number of halogens is 1. The van der Waals surface area contributed by atoms with Crippen LogP contribution >= 0.6 is 0 Å². The standard InChI is InChI=1S/C9H9FO3.3C7H18N.BO3/c10-5-6-13-9(12)7-3-1-2-4-8(7)11;3*1-5-8(4,6-2)7-3;2-1(3)4/h1-4,11H,5-6H2;3*5-7H2,1-4H3;/q;3*+1;-3. The SMILES string of the molecule is CC[N+](C)(CC)CC.CC[N+](C)(CC)CC.CC[N+](C)(CC)CC.O=C(OCCF)c1ccccc1O.[O-]B([O-])[O-]. The molecule has 0 unspecified atom stereocenters. The molecule has 0 aliphatic carbocycles. The monoisotopic (exact) mass is 591 g/mol. The van der Waals surface area contributed by atoms with Crippen LogP contribution in [0.25, 0.3) is 0 Å². The number of aromatic hydroxyl groups is 1. The van der Waals surface area contributed by atoms with E-state index >= 15 is 0 Å². The largest absolute Gasteiger partial charge is 0.907 e. The molecule has 0 fully saturated rings. The molecule has 0 saturated carbocycles. The van der Waals surface area contributed by atoms with Crippen LogP contribution in [0.2, 0.25) is 0 Å². The Morgan fingerprint density at radius 1 is 0.707 bits per heavy atom. The number of nitrogens with zero attached hydrogens (tertiary/aromatic N) is 3. The Bertz CT molecular complexity index is 662. The van der Waals surface area contributed by atoms with Gasteiger partial charge in [-0.3, -0.25) is 7.32 Å². The number of phenols is 1. The summed E-state index contributed by atoms with van der Waals surface area (Å²) in [7, 11) is 3.96. The summed E-state index contributed by atoms with van der Waals surface area (Å²) in [5.74, 6) is -0.873. The molecule has 0 radical (unpaired) electrons. The molecule has 1 aromatic carbocycles. The van der Waals surface area contributed by atoms with Crippen molar-refractivity contribution in [2.24, 2.45) is 0 Å². The first-order valence-corrected chi connectivity index (χ1v) is 15.0. The summed E-state index contributed by atoms with van der Waals surface area (Å²) < 4.78 is 19.7. The van der Waals surface area contributed by atoms with E-state index in [-0.39, 0.29) is 17.9 Å².